The Morgan fingerprint density at radius 2 is 1.71 bits per heavy atom. The van der Waals surface area contributed by atoms with Gasteiger partial charge in [-0.05, 0) is 35.2 Å². The van der Waals surface area contributed by atoms with Crippen molar-refractivity contribution in [2.24, 2.45) is 0 Å². The van der Waals surface area contributed by atoms with Gasteiger partial charge in [-0.2, -0.15) is 13.2 Å². The standard InChI is InChI=1S/C24H23F3N2O2/c1-2-3-13-29-16-18(19-11-7-8-12-21(19)24(25,26)27)14-20(23(29)31)22(30)28-15-17-9-5-4-6-10-17/h4-12,14,16H,2-3,13,15H2,1H3,(H,28,30). The number of halogens is 3. The first-order valence-corrected chi connectivity index (χ1v) is 10.0. The number of benzene rings is 2. The number of carbonyl (C=O) groups is 1. The molecule has 4 nitrogen and oxygen atoms in total. The number of alkyl halides is 3. The number of aromatic nitrogens is 1. The number of amides is 1. The third kappa shape index (κ3) is 5.42. The number of unbranched alkanes of at least 4 members (excludes halogenated alkanes) is 1. The highest BCUT2D eigenvalue weighted by Crippen LogP contribution is 2.36. The van der Waals surface area contributed by atoms with Crippen molar-refractivity contribution in [1.29, 1.82) is 0 Å². The second-order valence-electron chi connectivity index (χ2n) is 7.21. The fraction of sp³-hybridized carbons (Fsp3) is 0.250. The van der Waals surface area contributed by atoms with Gasteiger partial charge < -0.3 is 9.88 Å². The Labute approximate surface area is 178 Å². The summed E-state index contributed by atoms with van der Waals surface area (Å²) in [5.41, 5.74) is -0.563. The normalized spacial score (nSPS) is 11.4. The second-order valence-corrected chi connectivity index (χ2v) is 7.21. The molecule has 2 aromatic carbocycles. The number of hydrogen-bond acceptors (Lipinski definition) is 2. The van der Waals surface area contributed by atoms with Crippen LogP contribution in [0, 0.1) is 0 Å². The minimum Gasteiger partial charge on any atom is -0.348 e. The van der Waals surface area contributed by atoms with Crippen LogP contribution in [-0.4, -0.2) is 10.5 Å². The maximum atomic E-state index is 13.5. The van der Waals surface area contributed by atoms with Crippen LogP contribution in [0.2, 0.25) is 0 Å². The van der Waals surface area contributed by atoms with Gasteiger partial charge in [0.25, 0.3) is 11.5 Å². The van der Waals surface area contributed by atoms with Crippen LogP contribution < -0.4 is 10.9 Å². The van der Waals surface area contributed by atoms with Gasteiger partial charge in [0.15, 0.2) is 0 Å². The minimum atomic E-state index is -4.56. The summed E-state index contributed by atoms with van der Waals surface area (Å²) in [4.78, 5) is 25.7. The van der Waals surface area contributed by atoms with Gasteiger partial charge in [0.2, 0.25) is 0 Å². The SMILES string of the molecule is CCCCn1cc(-c2ccccc2C(F)(F)F)cc(C(=O)NCc2ccccc2)c1=O. The van der Waals surface area contributed by atoms with Crippen LogP contribution in [-0.2, 0) is 19.3 Å². The monoisotopic (exact) mass is 428 g/mol. The molecule has 0 spiro atoms. The maximum Gasteiger partial charge on any atom is 0.417 e. The number of nitrogens with one attached hydrogen (secondary N) is 1. The predicted octanol–water partition coefficient (Wildman–Crippen LogP) is 5.26. The smallest absolute Gasteiger partial charge is 0.348 e. The molecule has 0 saturated heterocycles. The molecule has 3 rings (SSSR count). The Morgan fingerprint density at radius 1 is 1.03 bits per heavy atom. The second kappa shape index (κ2) is 9.64. The Bertz CT molecular complexity index is 1110. The summed E-state index contributed by atoms with van der Waals surface area (Å²) in [5, 5.41) is 2.69. The molecule has 0 saturated carbocycles. The first-order chi connectivity index (χ1) is 14.8. The molecule has 0 radical (unpaired) electrons. The first-order valence-electron chi connectivity index (χ1n) is 10.0. The van der Waals surface area contributed by atoms with E-state index in [-0.39, 0.29) is 23.2 Å². The fourth-order valence-corrected chi connectivity index (χ4v) is 3.30. The van der Waals surface area contributed by atoms with Gasteiger partial charge in [-0.15, -0.1) is 0 Å². The van der Waals surface area contributed by atoms with Crippen molar-refractivity contribution in [2.75, 3.05) is 0 Å². The van der Waals surface area contributed by atoms with E-state index in [2.05, 4.69) is 5.32 Å². The van der Waals surface area contributed by atoms with Crippen molar-refractivity contribution in [3.63, 3.8) is 0 Å². The number of carbonyl (C=O) groups excluding carboxylic acids is 1. The van der Waals surface area contributed by atoms with Crippen LogP contribution in [0.4, 0.5) is 13.2 Å². The van der Waals surface area contributed by atoms with E-state index in [0.717, 1.165) is 18.1 Å². The van der Waals surface area contributed by atoms with Crippen molar-refractivity contribution in [3.05, 3.63) is 93.9 Å². The molecule has 0 atom stereocenters. The molecule has 31 heavy (non-hydrogen) atoms. The maximum absolute atomic E-state index is 13.5. The molecule has 0 unspecified atom stereocenters. The number of nitrogens with zero attached hydrogens (tertiary/aromatic N) is 1. The lowest BCUT2D eigenvalue weighted by Crippen LogP contribution is -2.33. The lowest BCUT2D eigenvalue weighted by atomic mass is 9.99. The fourth-order valence-electron chi connectivity index (χ4n) is 3.30. The summed E-state index contributed by atoms with van der Waals surface area (Å²) in [7, 11) is 0. The first kappa shape index (κ1) is 22.3. The molecule has 0 aliphatic rings. The lowest BCUT2D eigenvalue weighted by molar-refractivity contribution is -0.137. The molecule has 162 valence electrons. The molecular weight excluding hydrogens is 405 g/mol. The van der Waals surface area contributed by atoms with E-state index in [1.165, 1.54) is 35.0 Å². The summed E-state index contributed by atoms with van der Waals surface area (Å²) in [6, 6.07) is 15.6. The Hall–Kier alpha value is -3.35. The van der Waals surface area contributed by atoms with Crippen LogP contribution in [0.25, 0.3) is 11.1 Å². The average Bonchev–Trinajstić information content (AvgIpc) is 2.77. The molecule has 0 fully saturated rings. The summed E-state index contributed by atoms with van der Waals surface area (Å²) in [5.74, 6) is -0.620. The molecule has 1 heterocycles. The highest BCUT2D eigenvalue weighted by atomic mass is 19.4. The van der Waals surface area contributed by atoms with Gasteiger partial charge in [-0.1, -0.05) is 61.9 Å². The van der Waals surface area contributed by atoms with Crippen molar-refractivity contribution in [1.82, 2.24) is 9.88 Å². The number of pyridine rings is 1. The Kier molecular flexibility index (Phi) is 6.95. The van der Waals surface area contributed by atoms with Gasteiger partial charge in [0, 0.05) is 19.3 Å². The molecule has 7 heteroatoms. The van der Waals surface area contributed by atoms with Crippen molar-refractivity contribution in [2.45, 2.75) is 39.0 Å². The van der Waals surface area contributed by atoms with E-state index in [0.29, 0.717) is 13.0 Å². The highest BCUT2D eigenvalue weighted by Gasteiger charge is 2.33. The molecule has 0 bridgehead atoms. The predicted molar refractivity (Wildman–Crippen MR) is 114 cm³/mol. The summed E-state index contributed by atoms with van der Waals surface area (Å²) >= 11 is 0. The largest absolute Gasteiger partial charge is 0.417 e. The minimum absolute atomic E-state index is 0.0719. The van der Waals surface area contributed by atoms with Crippen LogP contribution in [0.1, 0.15) is 41.3 Å². The summed E-state index contributed by atoms with van der Waals surface area (Å²) in [6.07, 6.45) is -1.70. The molecular formula is C24H23F3N2O2. The summed E-state index contributed by atoms with van der Waals surface area (Å²) in [6.45, 7) is 2.47. The van der Waals surface area contributed by atoms with Gasteiger partial charge in [-0.3, -0.25) is 9.59 Å². The van der Waals surface area contributed by atoms with E-state index >= 15 is 0 Å². The topological polar surface area (TPSA) is 51.1 Å². The number of hydrogen-bond donors (Lipinski definition) is 1. The van der Waals surface area contributed by atoms with Crippen LogP contribution >= 0.6 is 0 Å². The Balaban J connectivity index is 2.04. The zero-order valence-electron chi connectivity index (χ0n) is 17.1. The molecule has 1 amide bonds. The molecule has 0 aliphatic carbocycles. The quantitative estimate of drug-likeness (QED) is 0.558. The van der Waals surface area contributed by atoms with E-state index in [4.69, 9.17) is 0 Å². The van der Waals surface area contributed by atoms with Crippen molar-refractivity contribution < 1.29 is 18.0 Å². The molecule has 1 N–H and O–H groups in total. The van der Waals surface area contributed by atoms with Crippen LogP contribution in [0.15, 0.2) is 71.7 Å². The van der Waals surface area contributed by atoms with E-state index in [1.807, 2.05) is 37.3 Å². The van der Waals surface area contributed by atoms with Gasteiger partial charge in [0.1, 0.15) is 5.56 Å². The number of rotatable bonds is 7. The zero-order valence-corrected chi connectivity index (χ0v) is 17.1. The van der Waals surface area contributed by atoms with Crippen LogP contribution in [0.5, 0.6) is 0 Å². The highest BCUT2D eigenvalue weighted by molar-refractivity contribution is 5.95. The molecule has 3 aromatic rings. The molecule has 1 aromatic heterocycles. The third-order valence-corrected chi connectivity index (χ3v) is 4.92. The number of aryl methyl sites for hydroxylation is 1. The third-order valence-electron chi connectivity index (χ3n) is 4.92. The van der Waals surface area contributed by atoms with E-state index in [1.54, 1.807) is 0 Å². The van der Waals surface area contributed by atoms with Gasteiger partial charge >= 0.3 is 6.18 Å². The van der Waals surface area contributed by atoms with Gasteiger partial charge in [0.05, 0.1) is 5.56 Å². The van der Waals surface area contributed by atoms with E-state index < -0.39 is 23.2 Å². The van der Waals surface area contributed by atoms with Crippen molar-refractivity contribution in [3.8, 4) is 11.1 Å². The molecule has 0 aliphatic heterocycles. The van der Waals surface area contributed by atoms with Gasteiger partial charge in [-0.25, -0.2) is 0 Å². The zero-order chi connectivity index (χ0) is 22.4. The lowest BCUT2D eigenvalue weighted by Gasteiger charge is -2.16. The summed E-state index contributed by atoms with van der Waals surface area (Å²) < 4.78 is 41.9. The Morgan fingerprint density at radius 3 is 2.39 bits per heavy atom. The van der Waals surface area contributed by atoms with Crippen LogP contribution in [0.3, 0.4) is 0 Å². The average molecular weight is 428 g/mol. The van der Waals surface area contributed by atoms with Crippen molar-refractivity contribution >= 4 is 5.91 Å². The van der Waals surface area contributed by atoms with E-state index in [9.17, 15) is 22.8 Å².